The Kier molecular flexibility index (Phi) is 10.9. The van der Waals surface area contributed by atoms with E-state index in [2.05, 4.69) is 22.4 Å². The van der Waals surface area contributed by atoms with E-state index in [1.54, 1.807) is 6.92 Å². The van der Waals surface area contributed by atoms with Crippen molar-refractivity contribution in [3.63, 3.8) is 0 Å². The molecule has 2 fully saturated rings. The van der Waals surface area contributed by atoms with E-state index in [1.165, 1.54) is 32.2 Å². The average molecular weight is 571 g/mol. The van der Waals surface area contributed by atoms with Gasteiger partial charge in [-0.2, -0.15) is 0 Å². The van der Waals surface area contributed by atoms with Crippen LogP contribution in [0.25, 0.3) is 0 Å². The molecule has 1 aromatic carbocycles. The molecule has 41 heavy (non-hydrogen) atoms. The summed E-state index contributed by atoms with van der Waals surface area (Å²) in [7, 11) is 1.40. The van der Waals surface area contributed by atoms with E-state index in [9.17, 15) is 14.4 Å². The van der Waals surface area contributed by atoms with Crippen molar-refractivity contribution in [1.82, 2.24) is 10.3 Å². The first-order valence-electron chi connectivity index (χ1n) is 13.9. The monoisotopic (exact) mass is 570 g/mol. The number of hydrogen-bond acceptors (Lipinski definition) is 10. The third-order valence-corrected chi connectivity index (χ3v) is 7.19. The van der Waals surface area contributed by atoms with Gasteiger partial charge in [0.2, 0.25) is 6.79 Å². The predicted octanol–water partition coefficient (Wildman–Crippen LogP) is 3.27. The van der Waals surface area contributed by atoms with Crippen LogP contribution in [0.1, 0.15) is 55.1 Å². The molecule has 11 heteroatoms. The Bertz CT molecular complexity index is 1170. The molecule has 4 rings (SSSR count). The lowest BCUT2D eigenvalue weighted by molar-refractivity contribution is -0.155. The van der Waals surface area contributed by atoms with Crippen molar-refractivity contribution >= 4 is 17.8 Å². The van der Waals surface area contributed by atoms with E-state index in [-0.39, 0.29) is 42.2 Å². The molecule has 0 spiro atoms. The number of carbonyl (C=O) groups is 3. The first kappa shape index (κ1) is 30.3. The van der Waals surface area contributed by atoms with Gasteiger partial charge in [-0.15, -0.1) is 0 Å². The maximum atomic E-state index is 13.4. The number of methoxy groups -OCH3 is 1. The molecule has 1 amide bonds. The van der Waals surface area contributed by atoms with Gasteiger partial charge in [-0.3, -0.25) is 4.79 Å². The van der Waals surface area contributed by atoms with Crippen LogP contribution >= 0.6 is 0 Å². The molecule has 222 valence electrons. The second-order valence-corrected chi connectivity index (χ2v) is 10.2. The number of cyclic esters (lactones) is 1. The highest BCUT2D eigenvalue weighted by Gasteiger charge is 2.38. The third kappa shape index (κ3) is 8.40. The van der Waals surface area contributed by atoms with Crippen LogP contribution in [0.3, 0.4) is 0 Å². The smallest absolute Gasteiger partial charge is 0.334 e. The Hall–Kier alpha value is -3.70. The fraction of sp³-hybridized carbons (Fsp3) is 0.533. The molecule has 0 unspecified atom stereocenters. The van der Waals surface area contributed by atoms with E-state index in [4.69, 9.17) is 28.4 Å². The van der Waals surface area contributed by atoms with Gasteiger partial charge in [0.05, 0.1) is 20.3 Å². The van der Waals surface area contributed by atoms with Crippen LogP contribution in [0.15, 0.2) is 42.6 Å². The molecule has 1 saturated carbocycles. The summed E-state index contributed by atoms with van der Waals surface area (Å²) in [6, 6.07) is 10.4. The number of aromatic nitrogens is 1. The van der Waals surface area contributed by atoms with Crippen LogP contribution in [0.4, 0.5) is 0 Å². The van der Waals surface area contributed by atoms with Gasteiger partial charge in [0, 0.05) is 24.8 Å². The Morgan fingerprint density at radius 2 is 1.90 bits per heavy atom. The Labute approximate surface area is 239 Å². The molecular weight excluding hydrogens is 532 g/mol. The molecule has 2 heterocycles. The van der Waals surface area contributed by atoms with E-state index < -0.39 is 36.8 Å². The van der Waals surface area contributed by atoms with Crippen LogP contribution in [0.2, 0.25) is 0 Å². The maximum Gasteiger partial charge on any atom is 0.334 e. The molecule has 1 aliphatic carbocycles. The van der Waals surface area contributed by atoms with Crippen molar-refractivity contribution in [2.24, 2.45) is 11.8 Å². The highest BCUT2D eigenvalue weighted by Crippen LogP contribution is 2.42. The lowest BCUT2D eigenvalue weighted by Crippen LogP contribution is -2.46. The van der Waals surface area contributed by atoms with E-state index >= 15 is 0 Å². The minimum absolute atomic E-state index is 0.0410. The number of carbonyl (C=O) groups excluding carboxylic acids is 3. The first-order valence-corrected chi connectivity index (χ1v) is 13.9. The number of nitrogens with one attached hydrogen (secondary N) is 1. The lowest BCUT2D eigenvalue weighted by atomic mass is 9.80. The summed E-state index contributed by atoms with van der Waals surface area (Å²) in [5.41, 5.74) is 0.938. The summed E-state index contributed by atoms with van der Waals surface area (Å²) in [6.45, 7) is 3.65. The second kappa shape index (κ2) is 14.8. The van der Waals surface area contributed by atoms with Gasteiger partial charge in [-0.1, -0.05) is 43.2 Å². The number of nitrogens with zero attached hydrogens (tertiary/aromatic N) is 1. The number of hydrogen-bond donors (Lipinski definition) is 1. The highest BCUT2D eigenvalue weighted by molar-refractivity contribution is 5.98. The molecule has 2 aromatic rings. The molecule has 1 aliphatic heterocycles. The molecule has 1 saturated heterocycles. The number of rotatable bonds is 12. The fourth-order valence-corrected chi connectivity index (χ4v) is 5.05. The first-order chi connectivity index (χ1) is 19.9. The fourth-order valence-electron chi connectivity index (χ4n) is 5.05. The number of pyridine rings is 1. The zero-order valence-corrected chi connectivity index (χ0v) is 23.7. The maximum absolute atomic E-state index is 13.4. The van der Waals surface area contributed by atoms with Crippen molar-refractivity contribution in [1.29, 1.82) is 0 Å². The third-order valence-electron chi connectivity index (χ3n) is 7.19. The largest absolute Gasteiger partial charge is 0.493 e. The van der Waals surface area contributed by atoms with E-state index in [0.717, 1.165) is 12.0 Å². The van der Waals surface area contributed by atoms with E-state index in [0.29, 0.717) is 19.1 Å². The molecular formula is C30H38N2O9. The van der Waals surface area contributed by atoms with Gasteiger partial charge in [-0.25, -0.2) is 14.6 Å². The van der Waals surface area contributed by atoms with Crippen molar-refractivity contribution in [2.45, 2.75) is 51.2 Å². The van der Waals surface area contributed by atoms with Crippen LogP contribution in [-0.2, 0) is 28.5 Å². The molecule has 4 atom stereocenters. The molecule has 0 bridgehead atoms. The van der Waals surface area contributed by atoms with Gasteiger partial charge in [-0.05, 0) is 37.7 Å². The van der Waals surface area contributed by atoms with Crippen molar-refractivity contribution < 1.29 is 42.8 Å². The van der Waals surface area contributed by atoms with Gasteiger partial charge in [0.15, 0.2) is 23.2 Å². The van der Waals surface area contributed by atoms with Crippen LogP contribution in [-0.4, -0.2) is 75.3 Å². The summed E-state index contributed by atoms with van der Waals surface area (Å²) < 4.78 is 32.9. The summed E-state index contributed by atoms with van der Waals surface area (Å²) in [5, 5.41) is 2.68. The zero-order valence-electron chi connectivity index (χ0n) is 23.7. The molecule has 1 N–H and O–H groups in total. The Balaban J connectivity index is 1.47. The van der Waals surface area contributed by atoms with Crippen LogP contribution in [0, 0.1) is 11.8 Å². The minimum atomic E-state index is -1.08. The Morgan fingerprint density at radius 3 is 2.61 bits per heavy atom. The molecule has 11 nitrogen and oxygen atoms in total. The van der Waals surface area contributed by atoms with Gasteiger partial charge < -0.3 is 33.7 Å². The molecule has 2 aliphatic rings. The normalized spacial score (nSPS) is 22.9. The minimum Gasteiger partial charge on any atom is -0.493 e. The van der Waals surface area contributed by atoms with Gasteiger partial charge >= 0.3 is 11.9 Å². The van der Waals surface area contributed by atoms with Crippen molar-refractivity contribution in [2.75, 3.05) is 40.3 Å². The lowest BCUT2D eigenvalue weighted by Gasteiger charge is -2.31. The van der Waals surface area contributed by atoms with Crippen LogP contribution in [0.5, 0.6) is 11.5 Å². The van der Waals surface area contributed by atoms with Crippen molar-refractivity contribution in [3.05, 3.63) is 53.9 Å². The standard InChI is InChI=1S/C30H38N2O9/c1-4-37-17-25(33)39-18-40-28-24(36-3)12-13-31-27(28)29(34)32-23-16-38-15-22(14-20-10-11-20)26(19(2)41-30(23)35)21-8-6-5-7-9-21/h5-9,12-13,19-20,22-23,26H,4,10-11,14-18H2,1-3H3,(H,32,34)/t19-,22-,23-,26+/m0/s1. The quantitative estimate of drug-likeness (QED) is 0.300. The number of esters is 2. The Morgan fingerprint density at radius 1 is 1.12 bits per heavy atom. The molecule has 0 radical (unpaired) electrons. The average Bonchev–Trinajstić information content (AvgIpc) is 3.79. The van der Waals surface area contributed by atoms with E-state index in [1.807, 2.05) is 25.1 Å². The highest BCUT2D eigenvalue weighted by atomic mass is 16.7. The summed E-state index contributed by atoms with van der Waals surface area (Å²) in [5.74, 6) is -1.01. The summed E-state index contributed by atoms with van der Waals surface area (Å²) in [4.78, 5) is 42.5. The van der Waals surface area contributed by atoms with Gasteiger partial charge in [0.1, 0.15) is 12.7 Å². The number of ether oxygens (including phenoxy) is 6. The van der Waals surface area contributed by atoms with Crippen molar-refractivity contribution in [3.8, 4) is 11.5 Å². The summed E-state index contributed by atoms with van der Waals surface area (Å²) >= 11 is 0. The topological polar surface area (TPSA) is 132 Å². The second-order valence-electron chi connectivity index (χ2n) is 10.2. The molecule has 1 aromatic heterocycles. The SMILES string of the molecule is CCOCC(=O)OCOc1c(OC)ccnc1C(=O)N[C@H]1COC[C@H](CC2CC2)[C@@H](c2ccccc2)[C@H](C)OC1=O. The predicted molar refractivity (Wildman–Crippen MR) is 147 cm³/mol. The van der Waals surface area contributed by atoms with Gasteiger partial charge in [0.25, 0.3) is 5.91 Å². The number of benzene rings is 1. The van der Waals surface area contributed by atoms with Crippen LogP contribution < -0.4 is 14.8 Å². The zero-order chi connectivity index (χ0) is 29.2. The summed E-state index contributed by atoms with van der Waals surface area (Å²) in [6.07, 6.45) is 4.33. The number of amides is 1.